The maximum atomic E-state index is 5.89. The van der Waals surface area contributed by atoms with Crippen molar-refractivity contribution < 1.29 is 4.74 Å². The molecule has 18 heavy (non-hydrogen) atoms. The van der Waals surface area contributed by atoms with E-state index in [1.165, 1.54) is 25.7 Å². The molecule has 1 aliphatic carbocycles. The first-order valence-electron chi connectivity index (χ1n) is 7.13. The van der Waals surface area contributed by atoms with Crippen LogP contribution >= 0.6 is 0 Å². The van der Waals surface area contributed by atoms with Crippen LogP contribution in [0.3, 0.4) is 0 Å². The summed E-state index contributed by atoms with van der Waals surface area (Å²) in [6.07, 6.45) is 5.39. The van der Waals surface area contributed by atoms with E-state index in [9.17, 15) is 0 Å². The van der Waals surface area contributed by atoms with Crippen molar-refractivity contribution in [3.63, 3.8) is 0 Å². The van der Waals surface area contributed by atoms with Gasteiger partial charge in [0, 0.05) is 6.04 Å². The number of hydrogen-bond donors (Lipinski definition) is 1. The molecule has 1 aromatic rings. The fourth-order valence-electron chi connectivity index (χ4n) is 2.79. The summed E-state index contributed by atoms with van der Waals surface area (Å²) in [6, 6.07) is 8.28. The Hall–Kier alpha value is -1.02. The lowest BCUT2D eigenvalue weighted by molar-refractivity contribution is 0.182. The summed E-state index contributed by atoms with van der Waals surface area (Å²) in [5.41, 5.74) is 6.99. The lowest BCUT2D eigenvalue weighted by atomic mass is 9.83. The second-order valence-corrected chi connectivity index (χ2v) is 5.81. The van der Waals surface area contributed by atoms with Crippen molar-refractivity contribution in [3.05, 3.63) is 29.8 Å². The summed E-state index contributed by atoms with van der Waals surface area (Å²) in [7, 11) is 0. The van der Waals surface area contributed by atoms with E-state index in [4.69, 9.17) is 10.5 Å². The molecule has 0 aliphatic heterocycles. The molecule has 2 rings (SSSR count). The minimum atomic E-state index is 0.0956. The van der Waals surface area contributed by atoms with E-state index in [0.29, 0.717) is 0 Å². The predicted octanol–water partition coefficient (Wildman–Crippen LogP) is 3.91. The highest BCUT2D eigenvalue weighted by atomic mass is 16.5. The van der Waals surface area contributed by atoms with Gasteiger partial charge in [-0.3, -0.25) is 0 Å². The molecule has 1 fully saturated rings. The van der Waals surface area contributed by atoms with Gasteiger partial charge in [-0.05, 0) is 49.3 Å². The van der Waals surface area contributed by atoms with Crippen LogP contribution in [0.2, 0.25) is 0 Å². The zero-order valence-electron chi connectivity index (χ0n) is 11.6. The van der Waals surface area contributed by atoms with Gasteiger partial charge >= 0.3 is 0 Å². The van der Waals surface area contributed by atoms with E-state index >= 15 is 0 Å². The van der Waals surface area contributed by atoms with Crippen molar-refractivity contribution in [2.75, 3.05) is 6.61 Å². The lowest BCUT2D eigenvalue weighted by Gasteiger charge is -2.26. The smallest absolute Gasteiger partial charge is 0.119 e. The summed E-state index contributed by atoms with van der Waals surface area (Å²) in [5.74, 6) is 2.58. The zero-order valence-corrected chi connectivity index (χ0v) is 11.6. The number of ether oxygens (including phenoxy) is 1. The SMILES string of the molecule is CC1CCCC(COc2ccc([C@H](C)N)cc2)C1. The Morgan fingerprint density at radius 3 is 2.61 bits per heavy atom. The summed E-state index contributed by atoms with van der Waals surface area (Å²) in [4.78, 5) is 0. The average Bonchev–Trinajstić information content (AvgIpc) is 2.37. The van der Waals surface area contributed by atoms with Crippen molar-refractivity contribution in [1.29, 1.82) is 0 Å². The normalized spacial score (nSPS) is 25.7. The second-order valence-electron chi connectivity index (χ2n) is 5.81. The van der Waals surface area contributed by atoms with Gasteiger partial charge < -0.3 is 10.5 Å². The molecule has 0 radical (unpaired) electrons. The molecule has 0 spiro atoms. The zero-order chi connectivity index (χ0) is 13.0. The van der Waals surface area contributed by atoms with Gasteiger partial charge in [0.05, 0.1) is 6.61 Å². The first-order valence-corrected chi connectivity index (χ1v) is 7.13. The Balaban J connectivity index is 1.82. The molecule has 2 N–H and O–H groups in total. The largest absolute Gasteiger partial charge is 0.493 e. The highest BCUT2D eigenvalue weighted by Crippen LogP contribution is 2.29. The number of benzene rings is 1. The van der Waals surface area contributed by atoms with Gasteiger partial charge in [0.1, 0.15) is 5.75 Å². The van der Waals surface area contributed by atoms with Gasteiger partial charge in [-0.2, -0.15) is 0 Å². The molecule has 0 bridgehead atoms. The van der Waals surface area contributed by atoms with Crippen LogP contribution in [0.1, 0.15) is 51.1 Å². The van der Waals surface area contributed by atoms with Crippen molar-refractivity contribution in [3.8, 4) is 5.75 Å². The van der Waals surface area contributed by atoms with Crippen LogP contribution in [0.15, 0.2) is 24.3 Å². The Bertz CT molecular complexity index is 358. The summed E-state index contributed by atoms with van der Waals surface area (Å²) in [6.45, 7) is 5.21. The molecule has 2 heteroatoms. The molecule has 2 nitrogen and oxygen atoms in total. The van der Waals surface area contributed by atoms with Crippen molar-refractivity contribution in [1.82, 2.24) is 0 Å². The van der Waals surface area contributed by atoms with Crippen LogP contribution in [-0.4, -0.2) is 6.61 Å². The van der Waals surface area contributed by atoms with E-state index < -0.39 is 0 Å². The topological polar surface area (TPSA) is 35.2 Å². The molecule has 3 atom stereocenters. The van der Waals surface area contributed by atoms with Gasteiger partial charge in [0.15, 0.2) is 0 Å². The molecule has 100 valence electrons. The highest BCUT2D eigenvalue weighted by Gasteiger charge is 2.19. The van der Waals surface area contributed by atoms with Crippen LogP contribution in [0, 0.1) is 11.8 Å². The van der Waals surface area contributed by atoms with E-state index in [1.54, 1.807) is 0 Å². The molecule has 1 aliphatic rings. The standard InChI is InChI=1S/C16H25NO/c1-12-4-3-5-14(10-12)11-18-16-8-6-15(7-9-16)13(2)17/h6-9,12-14H,3-5,10-11,17H2,1-2H3/t12?,13-,14?/m0/s1. The average molecular weight is 247 g/mol. The molecular weight excluding hydrogens is 222 g/mol. The Kier molecular flexibility index (Phi) is 4.65. The Morgan fingerprint density at radius 1 is 1.28 bits per heavy atom. The van der Waals surface area contributed by atoms with Crippen LogP contribution in [0.4, 0.5) is 0 Å². The lowest BCUT2D eigenvalue weighted by Crippen LogP contribution is -2.19. The second kappa shape index (κ2) is 6.24. The van der Waals surface area contributed by atoms with Crippen molar-refractivity contribution in [2.45, 2.75) is 45.6 Å². The fraction of sp³-hybridized carbons (Fsp3) is 0.625. The van der Waals surface area contributed by atoms with Gasteiger partial charge in [-0.15, -0.1) is 0 Å². The highest BCUT2D eigenvalue weighted by molar-refractivity contribution is 5.28. The van der Waals surface area contributed by atoms with Gasteiger partial charge in [0.25, 0.3) is 0 Å². The van der Waals surface area contributed by atoms with Crippen molar-refractivity contribution in [2.24, 2.45) is 17.6 Å². The van der Waals surface area contributed by atoms with Crippen molar-refractivity contribution >= 4 is 0 Å². The predicted molar refractivity (Wildman–Crippen MR) is 75.7 cm³/mol. The maximum absolute atomic E-state index is 5.89. The molecule has 1 aromatic carbocycles. The Morgan fingerprint density at radius 2 is 2.00 bits per heavy atom. The van der Waals surface area contributed by atoms with Gasteiger partial charge in [-0.1, -0.05) is 31.9 Å². The van der Waals surface area contributed by atoms with Gasteiger partial charge in [-0.25, -0.2) is 0 Å². The minimum Gasteiger partial charge on any atom is -0.493 e. The van der Waals surface area contributed by atoms with E-state index in [1.807, 2.05) is 19.1 Å². The third-order valence-corrected chi connectivity index (χ3v) is 3.94. The van der Waals surface area contributed by atoms with E-state index in [0.717, 1.165) is 29.8 Å². The number of rotatable bonds is 4. The molecular formula is C16H25NO. The summed E-state index contributed by atoms with van der Waals surface area (Å²) >= 11 is 0. The molecule has 1 saturated carbocycles. The van der Waals surface area contributed by atoms with Crippen LogP contribution in [0.5, 0.6) is 5.75 Å². The molecule has 0 aromatic heterocycles. The first kappa shape index (κ1) is 13.4. The monoisotopic (exact) mass is 247 g/mol. The molecule has 0 saturated heterocycles. The van der Waals surface area contributed by atoms with Gasteiger partial charge in [0.2, 0.25) is 0 Å². The minimum absolute atomic E-state index is 0.0956. The third-order valence-electron chi connectivity index (χ3n) is 3.94. The van der Waals surface area contributed by atoms with Crippen LogP contribution in [-0.2, 0) is 0 Å². The van der Waals surface area contributed by atoms with E-state index in [2.05, 4.69) is 19.1 Å². The summed E-state index contributed by atoms with van der Waals surface area (Å²) in [5, 5.41) is 0. The van der Waals surface area contributed by atoms with E-state index in [-0.39, 0.29) is 6.04 Å². The maximum Gasteiger partial charge on any atom is 0.119 e. The van der Waals surface area contributed by atoms with Crippen LogP contribution < -0.4 is 10.5 Å². The quantitative estimate of drug-likeness (QED) is 0.875. The Labute approximate surface area is 111 Å². The number of hydrogen-bond acceptors (Lipinski definition) is 2. The third kappa shape index (κ3) is 3.74. The fourth-order valence-corrected chi connectivity index (χ4v) is 2.79. The number of nitrogens with two attached hydrogens (primary N) is 1. The summed E-state index contributed by atoms with van der Waals surface area (Å²) < 4.78 is 5.89. The van der Waals surface area contributed by atoms with Crippen LogP contribution in [0.25, 0.3) is 0 Å². The molecule has 0 heterocycles. The molecule has 2 unspecified atom stereocenters. The molecule has 0 amide bonds. The first-order chi connectivity index (χ1) is 8.65.